The first-order chi connectivity index (χ1) is 13.6. The minimum Gasteiger partial charge on any atom is -0.465 e. The summed E-state index contributed by atoms with van der Waals surface area (Å²) in [5.74, 6) is -0.122. The average molecular weight is 399 g/mol. The van der Waals surface area contributed by atoms with Gasteiger partial charge in [-0.2, -0.15) is 14.9 Å². The second-order valence-corrected chi connectivity index (χ2v) is 6.37. The van der Waals surface area contributed by atoms with Crippen molar-refractivity contribution in [1.29, 1.82) is 0 Å². The lowest BCUT2D eigenvalue weighted by molar-refractivity contribution is -0.144. The van der Waals surface area contributed by atoms with Gasteiger partial charge < -0.3 is 4.74 Å². The Labute approximate surface area is 166 Å². The number of nitrogens with zero attached hydrogens (tertiary/aromatic N) is 4. The highest BCUT2D eigenvalue weighted by Crippen LogP contribution is 2.12. The Balaban J connectivity index is 1.95. The number of carbonyl (C=O) groups is 1. The van der Waals surface area contributed by atoms with Gasteiger partial charge in [0.25, 0.3) is 0 Å². The number of hydrogen-bond donors (Lipinski definition) is 0. The van der Waals surface area contributed by atoms with Crippen LogP contribution in [0.4, 0.5) is 0 Å². The molecule has 0 saturated heterocycles. The molecule has 0 aliphatic rings. The minimum absolute atomic E-state index is 0.234. The second-order valence-electron chi connectivity index (χ2n) is 5.93. The van der Waals surface area contributed by atoms with Crippen molar-refractivity contribution < 1.29 is 9.53 Å². The van der Waals surface area contributed by atoms with Crippen LogP contribution in [0.1, 0.15) is 23.9 Å². The molecule has 0 aliphatic heterocycles. The largest absolute Gasteiger partial charge is 0.465 e. The molecule has 8 heteroatoms. The molecule has 3 aromatic rings. The summed E-state index contributed by atoms with van der Waals surface area (Å²) >= 11 is 5.93. The molecule has 0 radical (unpaired) electrons. The zero-order valence-electron chi connectivity index (χ0n) is 15.3. The van der Waals surface area contributed by atoms with Crippen molar-refractivity contribution in [2.45, 2.75) is 19.9 Å². The highest BCUT2D eigenvalue weighted by atomic mass is 35.5. The van der Waals surface area contributed by atoms with Crippen LogP contribution in [0.15, 0.2) is 64.5 Å². The van der Waals surface area contributed by atoms with E-state index in [1.807, 2.05) is 42.5 Å². The van der Waals surface area contributed by atoms with Crippen LogP contribution in [-0.4, -0.2) is 33.2 Å². The van der Waals surface area contributed by atoms with Crippen LogP contribution >= 0.6 is 11.6 Å². The molecule has 0 aliphatic carbocycles. The summed E-state index contributed by atoms with van der Waals surface area (Å²) in [6.45, 7) is 1.67. The summed E-state index contributed by atoms with van der Waals surface area (Å²) in [6.07, 6.45) is 1.93. The lowest BCUT2D eigenvalue weighted by atomic mass is 10.1. The van der Waals surface area contributed by atoms with Gasteiger partial charge in [0.2, 0.25) is 0 Å². The van der Waals surface area contributed by atoms with Crippen molar-refractivity contribution in [3.8, 4) is 0 Å². The van der Waals surface area contributed by atoms with Crippen molar-refractivity contribution in [2.75, 3.05) is 6.61 Å². The molecule has 1 aromatic heterocycles. The van der Waals surface area contributed by atoms with Crippen molar-refractivity contribution in [3.63, 3.8) is 0 Å². The van der Waals surface area contributed by atoms with Gasteiger partial charge >= 0.3 is 11.7 Å². The van der Waals surface area contributed by atoms with E-state index in [2.05, 4.69) is 10.2 Å². The van der Waals surface area contributed by atoms with Crippen LogP contribution in [0.5, 0.6) is 0 Å². The summed E-state index contributed by atoms with van der Waals surface area (Å²) in [5, 5.41) is 9.18. The zero-order chi connectivity index (χ0) is 19.9. The van der Waals surface area contributed by atoms with Crippen LogP contribution in [-0.2, 0) is 22.5 Å². The topological polar surface area (TPSA) is 78.5 Å². The van der Waals surface area contributed by atoms with Crippen molar-refractivity contribution in [1.82, 2.24) is 14.5 Å². The summed E-state index contributed by atoms with van der Waals surface area (Å²) in [6, 6.07) is 16.6. The van der Waals surface area contributed by atoms with E-state index in [0.29, 0.717) is 17.3 Å². The number of esters is 1. The lowest BCUT2D eigenvalue weighted by Gasteiger charge is -2.01. The summed E-state index contributed by atoms with van der Waals surface area (Å²) < 4.78 is 7.17. The van der Waals surface area contributed by atoms with E-state index in [4.69, 9.17) is 16.3 Å². The fraction of sp³-hybridized carbons (Fsp3) is 0.200. The monoisotopic (exact) mass is 398 g/mol. The van der Waals surface area contributed by atoms with Gasteiger partial charge in [-0.05, 0) is 30.2 Å². The maximum Gasteiger partial charge on any atom is 0.367 e. The molecule has 0 N–H and O–H groups in total. The second kappa shape index (κ2) is 9.14. The predicted molar refractivity (Wildman–Crippen MR) is 107 cm³/mol. The quantitative estimate of drug-likeness (QED) is 0.453. The maximum absolute atomic E-state index is 12.7. The third-order valence-electron chi connectivity index (χ3n) is 3.86. The molecule has 0 spiro atoms. The van der Waals surface area contributed by atoms with E-state index in [9.17, 15) is 9.59 Å². The average Bonchev–Trinajstić information content (AvgIpc) is 2.97. The van der Waals surface area contributed by atoms with E-state index in [-0.39, 0.29) is 13.2 Å². The molecule has 3 rings (SSSR count). The van der Waals surface area contributed by atoms with Gasteiger partial charge in [0, 0.05) is 11.4 Å². The Bertz CT molecular complexity index is 1020. The van der Waals surface area contributed by atoms with Gasteiger partial charge in [0.15, 0.2) is 5.82 Å². The number of rotatable bonds is 7. The van der Waals surface area contributed by atoms with E-state index in [0.717, 1.165) is 15.8 Å². The number of halogens is 1. The number of ether oxygens (including phenoxy) is 1. The normalized spacial score (nSPS) is 11.1. The Morgan fingerprint density at radius 2 is 1.89 bits per heavy atom. The fourth-order valence-corrected chi connectivity index (χ4v) is 2.68. The fourth-order valence-electron chi connectivity index (χ4n) is 2.55. The summed E-state index contributed by atoms with van der Waals surface area (Å²) in [5.41, 5.74) is 1.24. The molecule has 0 saturated carbocycles. The molecular formula is C20H19ClN4O3. The van der Waals surface area contributed by atoms with Crippen LogP contribution in [0.3, 0.4) is 0 Å². The number of aromatic nitrogens is 3. The van der Waals surface area contributed by atoms with Gasteiger partial charge in [-0.15, -0.1) is 0 Å². The van der Waals surface area contributed by atoms with E-state index in [1.54, 1.807) is 25.3 Å². The highest BCUT2D eigenvalue weighted by molar-refractivity contribution is 6.30. The molecule has 0 amide bonds. The minimum atomic E-state index is -0.528. The molecule has 0 atom stereocenters. The van der Waals surface area contributed by atoms with Gasteiger partial charge in [-0.25, -0.2) is 9.48 Å². The van der Waals surface area contributed by atoms with Crippen LogP contribution in [0, 0.1) is 0 Å². The van der Waals surface area contributed by atoms with E-state index < -0.39 is 11.7 Å². The smallest absolute Gasteiger partial charge is 0.367 e. The Hall–Kier alpha value is -3.19. The molecule has 144 valence electrons. The predicted octanol–water partition coefficient (Wildman–Crippen LogP) is 2.73. The summed E-state index contributed by atoms with van der Waals surface area (Å²) in [7, 11) is 0. The van der Waals surface area contributed by atoms with Gasteiger partial charge in [-0.1, -0.05) is 54.1 Å². The van der Waals surface area contributed by atoms with E-state index in [1.165, 1.54) is 4.68 Å². The van der Waals surface area contributed by atoms with Crippen LogP contribution < -0.4 is 5.69 Å². The van der Waals surface area contributed by atoms with Crippen LogP contribution in [0.25, 0.3) is 0 Å². The summed E-state index contributed by atoms with van der Waals surface area (Å²) in [4.78, 5) is 24.5. The Morgan fingerprint density at radius 1 is 1.18 bits per heavy atom. The third kappa shape index (κ3) is 4.95. The van der Waals surface area contributed by atoms with Gasteiger partial charge in [-0.3, -0.25) is 4.79 Å². The standard InChI is InChI=1S/C20H19ClN4O3/c1-2-28-19(26)14-24-20(27)25(22-13-16-6-4-3-5-7-16)18(23-24)12-15-8-10-17(21)11-9-15/h3-11,13H,2,12,14H2,1H3/b22-13-. The third-order valence-corrected chi connectivity index (χ3v) is 4.12. The Morgan fingerprint density at radius 3 is 2.57 bits per heavy atom. The maximum atomic E-state index is 12.7. The molecule has 28 heavy (non-hydrogen) atoms. The number of benzene rings is 2. The molecule has 0 fully saturated rings. The molecular weight excluding hydrogens is 380 g/mol. The number of hydrogen-bond acceptors (Lipinski definition) is 5. The lowest BCUT2D eigenvalue weighted by Crippen LogP contribution is -2.27. The molecule has 2 aromatic carbocycles. The zero-order valence-corrected chi connectivity index (χ0v) is 16.0. The van der Waals surface area contributed by atoms with Crippen molar-refractivity contribution in [2.24, 2.45) is 5.10 Å². The first-order valence-electron chi connectivity index (χ1n) is 8.75. The molecule has 0 bridgehead atoms. The molecule has 0 unspecified atom stereocenters. The number of carbonyl (C=O) groups excluding carboxylic acids is 1. The first-order valence-corrected chi connectivity index (χ1v) is 9.13. The SMILES string of the molecule is CCOC(=O)Cn1nc(Cc2ccc(Cl)cc2)n(/N=C\c2ccccc2)c1=O. The van der Waals surface area contributed by atoms with Crippen molar-refractivity contribution >= 4 is 23.8 Å². The first kappa shape index (κ1) is 19.6. The van der Waals surface area contributed by atoms with E-state index >= 15 is 0 Å². The van der Waals surface area contributed by atoms with Gasteiger partial charge in [0.05, 0.1) is 12.8 Å². The van der Waals surface area contributed by atoms with Crippen LogP contribution in [0.2, 0.25) is 5.02 Å². The van der Waals surface area contributed by atoms with Gasteiger partial charge in [0.1, 0.15) is 6.54 Å². The molecule has 1 heterocycles. The highest BCUT2D eigenvalue weighted by Gasteiger charge is 2.16. The Kier molecular flexibility index (Phi) is 6.39. The van der Waals surface area contributed by atoms with Crippen molar-refractivity contribution in [3.05, 3.63) is 87.1 Å². The molecule has 7 nitrogen and oxygen atoms in total.